The summed E-state index contributed by atoms with van der Waals surface area (Å²) in [6, 6.07) is 15.0. The lowest BCUT2D eigenvalue weighted by Gasteiger charge is -2.31. The van der Waals surface area contributed by atoms with Gasteiger partial charge in [-0.1, -0.05) is 43.3 Å². The smallest absolute Gasteiger partial charge is 0.261 e. The Morgan fingerprint density at radius 2 is 1.70 bits per heavy atom. The molecule has 0 saturated heterocycles. The van der Waals surface area contributed by atoms with Crippen LogP contribution in [0.25, 0.3) is 0 Å². The van der Waals surface area contributed by atoms with Crippen LogP contribution < -0.4 is 10.1 Å². The van der Waals surface area contributed by atoms with Crippen molar-refractivity contribution < 1.29 is 14.3 Å². The summed E-state index contributed by atoms with van der Waals surface area (Å²) in [6.07, 6.45) is 0.948. The monoisotopic (exact) mass is 410 g/mol. The van der Waals surface area contributed by atoms with Crippen LogP contribution in [0.2, 0.25) is 0 Å². The van der Waals surface area contributed by atoms with E-state index in [1.54, 1.807) is 11.8 Å². The number of carbonyl (C=O) groups is 2. The Morgan fingerprint density at radius 1 is 1.07 bits per heavy atom. The lowest BCUT2D eigenvalue weighted by molar-refractivity contribution is -0.142. The van der Waals surface area contributed by atoms with E-state index in [9.17, 15) is 9.59 Å². The van der Waals surface area contributed by atoms with Crippen LogP contribution >= 0.6 is 0 Å². The highest BCUT2D eigenvalue weighted by molar-refractivity contribution is 5.88. The molecule has 5 heteroatoms. The van der Waals surface area contributed by atoms with Crippen molar-refractivity contribution >= 4 is 11.8 Å². The maximum Gasteiger partial charge on any atom is 0.261 e. The van der Waals surface area contributed by atoms with Gasteiger partial charge >= 0.3 is 0 Å². The quantitative estimate of drug-likeness (QED) is 0.707. The van der Waals surface area contributed by atoms with E-state index in [0.29, 0.717) is 12.3 Å². The molecule has 2 rings (SSSR count). The van der Waals surface area contributed by atoms with Gasteiger partial charge in [0.1, 0.15) is 11.8 Å². The van der Waals surface area contributed by atoms with Crippen molar-refractivity contribution in [2.75, 3.05) is 6.61 Å². The van der Waals surface area contributed by atoms with Crippen molar-refractivity contribution in [3.63, 3.8) is 0 Å². The molecule has 0 heterocycles. The number of hydrogen-bond donors (Lipinski definition) is 1. The molecule has 5 nitrogen and oxygen atoms in total. The molecule has 0 aromatic heterocycles. The minimum absolute atomic E-state index is 0.121. The minimum atomic E-state index is -0.623. The van der Waals surface area contributed by atoms with Gasteiger partial charge in [0.2, 0.25) is 5.91 Å². The summed E-state index contributed by atoms with van der Waals surface area (Å²) < 4.78 is 5.72. The van der Waals surface area contributed by atoms with Gasteiger partial charge in [-0.3, -0.25) is 9.59 Å². The molecule has 0 bridgehead atoms. The number of nitrogens with zero attached hydrogens (tertiary/aromatic N) is 1. The SMILES string of the molecule is CCc1ccc(OCC(=O)N(Cc2ccccc2C)[C@H](C)C(=O)NC(C)(C)C)cc1. The van der Waals surface area contributed by atoms with E-state index in [0.717, 1.165) is 17.5 Å². The maximum absolute atomic E-state index is 13.1. The molecule has 0 saturated carbocycles. The van der Waals surface area contributed by atoms with Crippen molar-refractivity contribution in [1.29, 1.82) is 0 Å². The molecule has 30 heavy (non-hydrogen) atoms. The van der Waals surface area contributed by atoms with Gasteiger partial charge in [0.25, 0.3) is 5.91 Å². The summed E-state index contributed by atoms with van der Waals surface area (Å²) in [7, 11) is 0. The zero-order chi connectivity index (χ0) is 22.3. The molecule has 0 unspecified atom stereocenters. The van der Waals surface area contributed by atoms with Crippen LogP contribution in [-0.4, -0.2) is 34.9 Å². The first-order chi connectivity index (χ1) is 14.1. The number of nitrogens with one attached hydrogen (secondary N) is 1. The van der Waals surface area contributed by atoms with Crippen LogP contribution in [0, 0.1) is 6.92 Å². The van der Waals surface area contributed by atoms with Crippen LogP contribution in [0.3, 0.4) is 0 Å². The van der Waals surface area contributed by atoms with Crippen molar-refractivity contribution in [1.82, 2.24) is 10.2 Å². The number of hydrogen-bond acceptors (Lipinski definition) is 3. The van der Waals surface area contributed by atoms with E-state index in [-0.39, 0.29) is 24.0 Å². The van der Waals surface area contributed by atoms with E-state index in [2.05, 4.69) is 12.2 Å². The highest BCUT2D eigenvalue weighted by Crippen LogP contribution is 2.16. The molecule has 1 atom stereocenters. The topological polar surface area (TPSA) is 58.6 Å². The molecule has 0 aliphatic carbocycles. The second-order valence-electron chi connectivity index (χ2n) is 8.65. The summed E-state index contributed by atoms with van der Waals surface area (Å²) in [4.78, 5) is 27.5. The second-order valence-corrected chi connectivity index (χ2v) is 8.65. The molecule has 0 aliphatic rings. The first-order valence-corrected chi connectivity index (χ1v) is 10.5. The third-order valence-corrected chi connectivity index (χ3v) is 4.96. The van der Waals surface area contributed by atoms with E-state index >= 15 is 0 Å². The Morgan fingerprint density at radius 3 is 2.27 bits per heavy atom. The van der Waals surface area contributed by atoms with Crippen molar-refractivity contribution in [2.45, 2.75) is 66.1 Å². The largest absolute Gasteiger partial charge is 0.484 e. The van der Waals surface area contributed by atoms with Gasteiger partial charge in [0.15, 0.2) is 6.61 Å². The summed E-state index contributed by atoms with van der Waals surface area (Å²) in [6.45, 7) is 11.9. The predicted octanol–water partition coefficient (Wildman–Crippen LogP) is 4.27. The van der Waals surface area contributed by atoms with Gasteiger partial charge < -0.3 is 15.0 Å². The van der Waals surface area contributed by atoms with E-state index < -0.39 is 6.04 Å². The van der Waals surface area contributed by atoms with Gasteiger partial charge in [-0.25, -0.2) is 0 Å². The Hall–Kier alpha value is -2.82. The Kier molecular flexibility index (Phi) is 8.04. The number of benzene rings is 2. The molecule has 1 N–H and O–H groups in total. The molecule has 162 valence electrons. The fourth-order valence-corrected chi connectivity index (χ4v) is 3.08. The molecular formula is C25H34N2O3. The molecule has 0 aliphatic heterocycles. The summed E-state index contributed by atoms with van der Waals surface area (Å²) >= 11 is 0. The van der Waals surface area contributed by atoms with Gasteiger partial charge in [-0.15, -0.1) is 0 Å². The Balaban J connectivity index is 2.16. The normalized spacial score (nSPS) is 12.2. The lowest BCUT2D eigenvalue weighted by atomic mass is 10.1. The highest BCUT2D eigenvalue weighted by atomic mass is 16.5. The summed E-state index contributed by atoms with van der Waals surface area (Å²) in [5.74, 6) is 0.231. The zero-order valence-corrected chi connectivity index (χ0v) is 19.0. The third-order valence-electron chi connectivity index (χ3n) is 4.96. The molecular weight excluding hydrogens is 376 g/mol. The number of carbonyl (C=O) groups excluding carboxylic acids is 2. The number of rotatable bonds is 8. The van der Waals surface area contributed by atoms with Crippen molar-refractivity contribution in [3.05, 3.63) is 65.2 Å². The van der Waals surface area contributed by atoms with Gasteiger partial charge in [-0.05, 0) is 69.9 Å². The van der Waals surface area contributed by atoms with E-state index in [1.165, 1.54) is 5.56 Å². The van der Waals surface area contributed by atoms with E-state index in [4.69, 9.17) is 4.74 Å². The van der Waals surface area contributed by atoms with Gasteiger partial charge in [0, 0.05) is 12.1 Å². The standard InChI is InChI=1S/C25H34N2O3/c1-7-20-12-14-22(15-13-20)30-17-23(28)27(16-21-11-9-8-10-18(21)2)19(3)24(29)26-25(4,5)6/h8-15,19H,7,16-17H2,1-6H3,(H,26,29)/t19-/m1/s1. The summed E-state index contributed by atoms with van der Waals surface area (Å²) in [5.41, 5.74) is 2.92. The molecule has 0 fully saturated rings. The fraction of sp³-hybridized carbons (Fsp3) is 0.440. The van der Waals surface area contributed by atoms with Gasteiger partial charge in [-0.2, -0.15) is 0 Å². The van der Waals surface area contributed by atoms with Crippen LogP contribution in [-0.2, 0) is 22.6 Å². The number of ether oxygens (including phenoxy) is 1. The first-order valence-electron chi connectivity index (χ1n) is 10.5. The molecule has 2 aromatic carbocycles. The second kappa shape index (κ2) is 10.3. The average Bonchev–Trinajstić information content (AvgIpc) is 2.70. The lowest BCUT2D eigenvalue weighted by Crippen LogP contribution is -2.53. The van der Waals surface area contributed by atoms with Crippen molar-refractivity contribution in [3.8, 4) is 5.75 Å². The summed E-state index contributed by atoms with van der Waals surface area (Å²) in [5, 5.41) is 2.97. The van der Waals surface area contributed by atoms with Crippen LogP contribution in [0.5, 0.6) is 5.75 Å². The highest BCUT2D eigenvalue weighted by Gasteiger charge is 2.28. The zero-order valence-electron chi connectivity index (χ0n) is 19.0. The third kappa shape index (κ3) is 6.90. The maximum atomic E-state index is 13.1. The van der Waals surface area contributed by atoms with Crippen molar-refractivity contribution in [2.24, 2.45) is 0 Å². The molecule has 2 amide bonds. The molecule has 0 spiro atoms. The fourth-order valence-electron chi connectivity index (χ4n) is 3.08. The molecule has 0 radical (unpaired) electrons. The van der Waals surface area contributed by atoms with Crippen LogP contribution in [0.4, 0.5) is 0 Å². The van der Waals surface area contributed by atoms with Crippen LogP contribution in [0.15, 0.2) is 48.5 Å². The first kappa shape index (κ1) is 23.5. The number of amides is 2. The predicted molar refractivity (Wildman–Crippen MR) is 120 cm³/mol. The molecule has 2 aromatic rings. The van der Waals surface area contributed by atoms with Gasteiger partial charge in [0.05, 0.1) is 0 Å². The Bertz CT molecular complexity index is 853. The minimum Gasteiger partial charge on any atom is -0.484 e. The number of aryl methyl sites for hydroxylation is 2. The van der Waals surface area contributed by atoms with Crippen LogP contribution in [0.1, 0.15) is 51.3 Å². The van der Waals surface area contributed by atoms with E-state index in [1.807, 2.05) is 76.2 Å². The Labute approximate surface area is 180 Å². The average molecular weight is 411 g/mol.